The zero-order chi connectivity index (χ0) is 14.0. The topological polar surface area (TPSA) is 124 Å². The van der Waals surface area contributed by atoms with Crippen LogP contribution in [-0.2, 0) is 10.0 Å². The van der Waals surface area contributed by atoms with Crippen LogP contribution in [0.2, 0.25) is 0 Å². The number of primary sulfonamides is 1. The van der Waals surface area contributed by atoms with Crippen molar-refractivity contribution in [2.24, 2.45) is 5.14 Å². The van der Waals surface area contributed by atoms with Gasteiger partial charge in [0.25, 0.3) is 0 Å². The molecule has 0 aliphatic heterocycles. The molecule has 8 heteroatoms. The van der Waals surface area contributed by atoms with Gasteiger partial charge in [-0.15, -0.1) is 0 Å². The molecule has 1 heterocycles. The molecule has 0 saturated carbocycles. The number of nitrogens with two attached hydrogens (primary N) is 2. The summed E-state index contributed by atoms with van der Waals surface area (Å²) in [5, 5.41) is 8.01. The number of anilines is 3. The van der Waals surface area contributed by atoms with Crippen molar-refractivity contribution in [3.63, 3.8) is 0 Å². The van der Waals surface area contributed by atoms with E-state index in [-0.39, 0.29) is 10.8 Å². The Kier molecular flexibility index (Phi) is 3.36. The summed E-state index contributed by atoms with van der Waals surface area (Å²) in [7, 11) is -3.73. The van der Waals surface area contributed by atoms with Crippen LogP contribution in [0, 0.1) is 6.92 Å². The lowest BCUT2D eigenvalue weighted by Crippen LogP contribution is -2.12. The smallest absolute Gasteiger partial charge is 0.238 e. The molecular formula is C11H13N5O2S. The normalized spacial score (nSPS) is 11.3. The number of nitrogens with one attached hydrogen (secondary N) is 1. The highest BCUT2D eigenvalue weighted by molar-refractivity contribution is 7.89. The first-order chi connectivity index (χ1) is 8.84. The quantitative estimate of drug-likeness (QED) is 0.761. The van der Waals surface area contributed by atoms with Gasteiger partial charge in [0.2, 0.25) is 16.0 Å². The van der Waals surface area contributed by atoms with Crippen molar-refractivity contribution in [1.82, 2.24) is 9.97 Å². The first-order valence-electron chi connectivity index (χ1n) is 5.35. The van der Waals surface area contributed by atoms with Crippen molar-refractivity contribution in [3.05, 3.63) is 36.0 Å². The number of hydrogen-bond donors (Lipinski definition) is 3. The molecule has 7 nitrogen and oxygen atoms in total. The Morgan fingerprint density at radius 1 is 1.21 bits per heavy atom. The molecule has 1 aromatic heterocycles. The largest absolute Gasteiger partial charge is 0.368 e. The standard InChI is InChI=1S/C11H13N5O2S/c1-7-5-10(16-11(12)14-7)15-8-3-2-4-9(6-8)19(13,17)18/h2-6H,1H3,(H2,13,17,18)(H3,12,14,15,16). The molecule has 2 rings (SSSR count). The Balaban J connectivity index is 2.33. The highest BCUT2D eigenvalue weighted by Crippen LogP contribution is 2.19. The third-order valence-electron chi connectivity index (χ3n) is 2.31. The van der Waals surface area contributed by atoms with Crippen LogP contribution in [0.5, 0.6) is 0 Å². The summed E-state index contributed by atoms with van der Waals surface area (Å²) in [6, 6.07) is 7.81. The Labute approximate surface area is 110 Å². The maximum absolute atomic E-state index is 11.3. The molecule has 0 radical (unpaired) electrons. The van der Waals surface area contributed by atoms with Crippen LogP contribution < -0.4 is 16.2 Å². The fraction of sp³-hybridized carbons (Fsp3) is 0.0909. The molecule has 0 amide bonds. The molecule has 0 fully saturated rings. The molecule has 0 aliphatic rings. The van der Waals surface area contributed by atoms with Gasteiger partial charge in [-0.25, -0.2) is 18.5 Å². The fourth-order valence-electron chi connectivity index (χ4n) is 1.55. The maximum atomic E-state index is 11.3. The van der Waals surface area contributed by atoms with E-state index in [4.69, 9.17) is 10.9 Å². The van der Waals surface area contributed by atoms with E-state index >= 15 is 0 Å². The number of sulfonamides is 1. The molecular weight excluding hydrogens is 266 g/mol. The van der Waals surface area contributed by atoms with E-state index in [9.17, 15) is 8.42 Å². The highest BCUT2D eigenvalue weighted by atomic mass is 32.2. The molecule has 1 aromatic carbocycles. The summed E-state index contributed by atoms with van der Waals surface area (Å²) in [4.78, 5) is 7.96. The van der Waals surface area contributed by atoms with Crippen LogP contribution in [0.25, 0.3) is 0 Å². The summed E-state index contributed by atoms with van der Waals surface area (Å²) in [5.74, 6) is 0.627. The predicted octanol–water partition coefficient (Wildman–Crippen LogP) is 0.758. The lowest BCUT2D eigenvalue weighted by Gasteiger charge is -2.08. The first kappa shape index (κ1) is 13.2. The molecule has 0 unspecified atom stereocenters. The highest BCUT2D eigenvalue weighted by Gasteiger charge is 2.08. The second-order valence-corrected chi connectivity index (χ2v) is 5.51. The molecule has 0 saturated heterocycles. The van der Waals surface area contributed by atoms with Crippen molar-refractivity contribution >= 4 is 27.5 Å². The van der Waals surface area contributed by atoms with Gasteiger partial charge in [-0.05, 0) is 25.1 Å². The number of benzene rings is 1. The zero-order valence-corrected chi connectivity index (χ0v) is 11.0. The van der Waals surface area contributed by atoms with Gasteiger partial charge < -0.3 is 11.1 Å². The Hall–Kier alpha value is -2.19. The molecule has 0 spiro atoms. The van der Waals surface area contributed by atoms with Gasteiger partial charge in [-0.2, -0.15) is 4.98 Å². The summed E-state index contributed by atoms with van der Waals surface area (Å²) in [6.07, 6.45) is 0. The molecule has 0 atom stereocenters. The summed E-state index contributed by atoms with van der Waals surface area (Å²) in [5.41, 5.74) is 6.79. The summed E-state index contributed by atoms with van der Waals surface area (Å²) < 4.78 is 22.5. The molecule has 0 aliphatic carbocycles. The van der Waals surface area contributed by atoms with Gasteiger partial charge in [0.1, 0.15) is 5.82 Å². The van der Waals surface area contributed by atoms with Crippen molar-refractivity contribution < 1.29 is 8.42 Å². The van der Waals surface area contributed by atoms with Gasteiger partial charge in [-0.1, -0.05) is 6.07 Å². The summed E-state index contributed by atoms with van der Waals surface area (Å²) in [6.45, 7) is 1.78. The fourth-order valence-corrected chi connectivity index (χ4v) is 2.11. The average Bonchev–Trinajstić information content (AvgIpc) is 2.26. The number of nitrogen functional groups attached to an aromatic ring is 1. The van der Waals surface area contributed by atoms with Crippen LogP contribution >= 0.6 is 0 Å². The van der Waals surface area contributed by atoms with E-state index in [0.29, 0.717) is 17.2 Å². The number of hydrogen-bond acceptors (Lipinski definition) is 6. The molecule has 2 aromatic rings. The van der Waals surface area contributed by atoms with Crippen LogP contribution in [0.15, 0.2) is 35.2 Å². The monoisotopic (exact) mass is 279 g/mol. The second-order valence-electron chi connectivity index (χ2n) is 3.95. The minimum atomic E-state index is -3.73. The van der Waals surface area contributed by atoms with E-state index in [1.165, 1.54) is 12.1 Å². The molecule has 0 bridgehead atoms. The van der Waals surface area contributed by atoms with Gasteiger partial charge in [-0.3, -0.25) is 0 Å². The van der Waals surface area contributed by atoms with Gasteiger partial charge in [0, 0.05) is 17.4 Å². The van der Waals surface area contributed by atoms with Crippen molar-refractivity contribution in [2.75, 3.05) is 11.1 Å². The van der Waals surface area contributed by atoms with Gasteiger partial charge in [0.05, 0.1) is 4.90 Å². The zero-order valence-electron chi connectivity index (χ0n) is 10.2. The first-order valence-corrected chi connectivity index (χ1v) is 6.90. The van der Waals surface area contributed by atoms with Crippen molar-refractivity contribution in [3.8, 4) is 0 Å². The van der Waals surface area contributed by atoms with E-state index in [2.05, 4.69) is 15.3 Å². The summed E-state index contributed by atoms with van der Waals surface area (Å²) >= 11 is 0. The molecule has 19 heavy (non-hydrogen) atoms. The molecule has 100 valence electrons. The van der Waals surface area contributed by atoms with Crippen LogP contribution in [0.1, 0.15) is 5.69 Å². The van der Waals surface area contributed by atoms with E-state index in [1.54, 1.807) is 25.1 Å². The lowest BCUT2D eigenvalue weighted by atomic mass is 10.3. The Morgan fingerprint density at radius 2 is 1.95 bits per heavy atom. The average molecular weight is 279 g/mol. The second kappa shape index (κ2) is 4.82. The number of aryl methyl sites for hydroxylation is 1. The van der Waals surface area contributed by atoms with E-state index < -0.39 is 10.0 Å². The number of aromatic nitrogens is 2. The van der Waals surface area contributed by atoms with E-state index in [0.717, 1.165) is 0 Å². The SMILES string of the molecule is Cc1cc(Nc2cccc(S(N)(=O)=O)c2)nc(N)n1. The number of nitrogens with zero attached hydrogens (tertiary/aromatic N) is 2. The van der Waals surface area contributed by atoms with Crippen LogP contribution in [-0.4, -0.2) is 18.4 Å². The minimum absolute atomic E-state index is 0.0243. The predicted molar refractivity (Wildman–Crippen MR) is 72.3 cm³/mol. The Bertz CT molecular complexity index is 695. The maximum Gasteiger partial charge on any atom is 0.238 e. The van der Waals surface area contributed by atoms with Crippen molar-refractivity contribution in [2.45, 2.75) is 11.8 Å². The lowest BCUT2D eigenvalue weighted by molar-refractivity contribution is 0.598. The van der Waals surface area contributed by atoms with Crippen LogP contribution in [0.4, 0.5) is 17.5 Å². The van der Waals surface area contributed by atoms with Crippen LogP contribution in [0.3, 0.4) is 0 Å². The van der Waals surface area contributed by atoms with Gasteiger partial charge in [0.15, 0.2) is 0 Å². The third-order valence-corrected chi connectivity index (χ3v) is 3.22. The minimum Gasteiger partial charge on any atom is -0.368 e. The number of rotatable bonds is 3. The molecule has 5 N–H and O–H groups in total. The van der Waals surface area contributed by atoms with Crippen molar-refractivity contribution in [1.29, 1.82) is 0 Å². The van der Waals surface area contributed by atoms with E-state index in [1.807, 2.05) is 0 Å². The Morgan fingerprint density at radius 3 is 2.58 bits per heavy atom. The van der Waals surface area contributed by atoms with Gasteiger partial charge >= 0.3 is 0 Å². The third kappa shape index (κ3) is 3.39.